The fourth-order valence-corrected chi connectivity index (χ4v) is 1.15. The Labute approximate surface area is 92.6 Å². The Bertz CT molecular complexity index is 478. The zero-order chi connectivity index (χ0) is 12.3. The fourth-order valence-electron chi connectivity index (χ4n) is 0.890. The maximum atomic E-state index is 12.2. The smallest absolute Gasteiger partial charge is 0.410 e. The van der Waals surface area contributed by atoms with E-state index in [9.17, 15) is 13.2 Å². The highest BCUT2D eigenvalue weighted by molar-refractivity contribution is 6.35. The first-order valence-electron chi connectivity index (χ1n) is 3.75. The van der Waals surface area contributed by atoms with E-state index in [-0.39, 0.29) is 5.69 Å². The molecule has 84 valence electrons. The molecule has 0 aliphatic rings. The monoisotopic (exact) mass is 249 g/mol. The van der Waals surface area contributed by atoms with Gasteiger partial charge in [-0.2, -0.15) is 18.4 Å². The van der Waals surface area contributed by atoms with Crippen molar-refractivity contribution in [3.05, 3.63) is 28.5 Å². The van der Waals surface area contributed by atoms with E-state index in [1.54, 1.807) is 0 Å². The Morgan fingerprint density at radius 2 is 2.19 bits per heavy atom. The van der Waals surface area contributed by atoms with E-state index in [4.69, 9.17) is 22.1 Å². The van der Waals surface area contributed by atoms with Crippen LogP contribution in [0, 0.1) is 11.3 Å². The first-order chi connectivity index (χ1) is 7.40. The zero-order valence-electron chi connectivity index (χ0n) is 7.46. The van der Waals surface area contributed by atoms with E-state index in [1.807, 2.05) is 0 Å². The van der Waals surface area contributed by atoms with Gasteiger partial charge in [-0.15, -0.1) is 0 Å². The van der Waals surface area contributed by atoms with E-state index in [0.717, 1.165) is 0 Å². The van der Waals surface area contributed by atoms with E-state index >= 15 is 0 Å². The summed E-state index contributed by atoms with van der Waals surface area (Å²) < 4.78 is 36.7. The van der Waals surface area contributed by atoms with E-state index in [0.29, 0.717) is 12.3 Å². The summed E-state index contributed by atoms with van der Waals surface area (Å²) >= 11 is 5.48. The average molecular weight is 250 g/mol. The third-order valence-electron chi connectivity index (χ3n) is 1.60. The molecule has 1 aromatic heterocycles. The van der Waals surface area contributed by atoms with Crippen LogP contribution in [-0.2, 0) is 6.18 Å². The highest BCUT2D eigenvalue weighted by Crippen LogP contribution is 2.31. The summed E-state index contributed by atoms with van der Waals surface area (Å²) in [6.45, 7) is 0. The summed E-state index contributed by atoms with van der Waals surface area (Å²) in [6.07, 6.45) is -4.07. The molecule has 0 atom stereocenters. The second-order valence-corrected chi connectivity index (χ2v) is 3.02. The molecule has 16 heavy (non-hydrogen) atoms. The molecule has 0 aromatic carbocycles. The normalized spacial score (nSPS) is 12.3. The van der Waals surface area contributed by atoms with Crippen LogP contribution in [0.4, 0.5) is 13.2 Å². The molecule has 0 radical (unpaired) electrons. The lowest BCUT2D eigenvalue weighted by atomic mass is 10.2. The SMILES string of the molecule is N#CC(=NO)c1ncc(C(F)(F)F)cc1Cl. The zero-order valence-corrected chi connectivity index (χ0v) is 8.21. The predicted molar refractivity (Wildman–Crippen MR) is 48.2 cm³/mol. The summed E-state index contributed by atoms with van der Waals surface area (Å²) in [5.74, 6) is 0. The summed E-state index contributed by atoms with van der Waals surface area (Å²) in [5, 5.41) is 19.0. The van der Waals surface area contributed by atoms with Crippen LogP contribution in [0.1, 0.15) is 11.3 Å². The maximum Gasteiger partial charge on any atom is 0.417 e. The standard InChI is InChI=1S/C8H3ClF3N3O/c9-5-1-4(8(10,11)12)3-14-7(5)6(2-13)15-16/h1,3,16H. The quantitative estimate of drug-likeness (QED) is 0.472. The topological polar surface area (TPSA) is 69.3 Å². The number of halogens is 4. The number of aromatic nitrogens is 1. The van der Waals surface area contributed by atoms with Gasteiger partial charge < -0.3 is 5.21 Å². The van der Waals surface area contributed by atoms with Gasteiger partial charge in [0.2, 0.25) is 5.71 Å². The Morgan fingerprint density at radius 3 is 2.56 bits per heavy atom. The predicted octanol–water partition coefficient (Wildman–Crippen LogP) is 2.46. The highest BCUT2D eigenvalue weighted by Gasteiger charge is 2.31. The number of hydrogen-bond acceptors (Lipinski definition) is 4. The number of pyridine rings is 1. The number of rotatable bonds is 1. The van der Waals surface area contributed by atoms with Gasteiger partial charge in [0.25, 0.3) is 0 Å². The Morgan fingerprint density at radius 1 is 1.56 bits per heavy atom. The third-order valence-corrected chi connectivity index (χ3v) is 1.89. The van der Waals surface area contributed by atoms with Gasteiger partial charge in [0.1, 0.15) is 11.8 Å². The molecule has 1 heterocycles. The number of alkyl halides is 3. The molecule has 0 bridgehead atoms. The van der Waals surface area contributed by atoms with Crippen molar-refractivity contribution in [2.24, 2.45) is 5.16 Å². The largest absolute Gasteiger partial charge is 0.417 e. The lowest BCUT2D eigenvalue weighted by Gasteiger charge is -2.07. The van der Waals surface area contributed by atoms with Crippen LogP contribution in [-0.4, -0.2) is 15.9 Å². The molecule has 1 N–H and O–H groups in total. The van der Waals surface area contributed by atoms with Gasteiger partial charge >= 0.3 is 6.18 Å². The van der Waals surface area contributed by atoms with Gasteiger partial charge in [-0.1, -0.05) is 16.8 Å². The van der Waals surface area contributed by atoms with Crippen molar-refractivity contribution in [3.8, 4) is 6.07 Å². The first-order valence-corrected chi connectivity index (χ1v) is 4.13. The molecule has 0 amide bonds. The number of nitrogens with zero attached hydrogens (tertiary/aromatic N) is 3. The van der Waals surface area contributed by atoms with Crippen LogP contribution in [0.15, 0.2) is 17.4 Å². The molecule has 4 nitrogen and oxygen atoms in total. The molecular formula is C8H3ClF3N3O. The van der Waals surface area contributed by atoms with E-state index < -0.39 is 22.5 Å². The van der Waals surface area contributed by atoms with E-state index in [2.05, 4.69) is 10.1 Å². The molecule has 1 rings (SSSR count). The van der Waals surface area contributed by atoms with Gasteiger partial charge in [0, 0.05) is 6.20 Å². The Balaban J connectivity index is 3.27. The van der Waals surface area contributed by atoms with Crippen molar-refractivity contribution < 1.29 is 18.4 Å². The van der Waals surface area contributed by atoms with Crippen LogP contribution < -0.4 is 0 Å². The fraction of sp³-hybridized carbons (Fsp3) is 0.125. The summed E-state index contributed by atoms with van der Waals surface area (Å²) in [4.78, 5) is 3.32. The van der Waals surface area contributed by atoms with Gasteiger partial charge in [-0.25, -0.2) is 0 Å². The minimum Gasteiger partial charge on any atom is -0.410 e. The first kappa shape index (κ1) is 12.3. The van der Waals surface area contributed by atoms with Crippen LogP contribution >= 0.6 is 11.6 Å². The van der Waals surface area contributed by atoms with Gasteiger partial charge in [-0.05, 0) is 6.07 Å². The molecule has 0 fully saturated rings. The van der Waals surface area contributed by atoms with Crippen molar-refractivity contribution in [3.63, 3.8) is 0 Å². The Kier molecular flexibility index (Phi) is 3.34. The molecule has 1 aromatic rings. The van der Waals surface area contributed by atoms with E-state index in [1.165, 1.54) is 6.07 Å². The number of hydrogen-bond donors (Lipinski definition) is 1. The van der Waals surface area contributed by atoms with Crippen LogP contribution in [0.25, 0.3) is 0 Å². The average Bonchev–Trinajstić information content (AvgIpc) is 2.20. The summed E-state index contributed by atoms with van der Waals surface area (Å²) in [5.41, 5.74) is -1.91. The molecule has 0 spiro atoms. The lowest BCUT2D eigenvalue weighted by Crippen LogP contribution is -2.09. The summed E-state index contributed by atoms with van der Waals surface area (Å²) in [6, 6.07) is 2.04. The third kappa shape index (κ3) is 2.41. The van der Waals surface area contributed by atoms with Gasteiger partial charge in [0.15, 0.2) is 0 Å². The number of nitriles is 1. The molecule has 0 saturated heterocycles. The number of oxime groups is 1. The lowest BCUT2D eigenvalue weighted by molar-refractivity contribution is -0.137. The second-order valence-electron chi connectivity index (χ2n) is 2.61. The molecule has 0 unspecified atom stereocenters. The molecular weight excluding hydrogens is 247 g/mol. The highest BCUT2D eigenvalue weighted by atomic mass is 35.5. The molecule has 0 aliphatic heterocycles. The van der Waals surface area contributed by atoms with Crippen molar-refractivity contribution in [1.82, 2.24) is 4.98 Å². The molecule has 0 saturated carbocycles. The second kappa shape index (κ2) is 4.37. The van der Waals surface area contributed by atoms with Gasteiger partial charge in [0.05, 0.1) is 10.6 Å². The minimum absolute atomic E-state index is 0.306. The Hall–Kier alpha value is -1.81. The minimum atomic E-state index is -4.57. The van der Waals surface area contributed by atoms with Crippen molar-refractivity contribution in [2.75, 3.05) is 0 Å². The van der Waals surface area contributed by atoms with Crippen LogP contribution in [0.3, 0.4) is 0 Å². The van der Waals surface area contributed by atoms with Crippen molar-refractivity contribution in [1.29, 1.82) is 5.26 Å². The van der Waals surface area contributed by atoms with Gasteiger partial charge in [-0.3, -0.25) is 4.98 Å². The molecule has 8 heteroatoms. The summed E-state index contributed by atoms with van der Waals surface area (Å²) in [7, 11) is 0. The molecule has 0 aliphatic carbocycles. The van der Waals surface area contributed by atoms with Crippen molar-refractivity contribution >= 4 is 17.3 Å². The van der Waals surface area contributed by atoms with Crippen LogP contribution in [0.5, 0.6) is 0 Å². The van der Waals surface area contributed by atoms with Crippen molar-refractivity contribution in [2.45, 2.75) is 6.18 Å². The van der Waals surface area contributed by atoms with Crippen LogP contribution in [0.2, 0.25) is 5.02 Å². The maximum absolute atomic E-state index is 12.2.